The zero-order valence-electron chi connectivity index (χ0n) is 35.0. The Morgan fingerprint density at radius 1 is 0.429 bits per heavy atom. The molecule has 0 unspecified atom stereocenters. The van der Waals surface area contributed by atoms with Crippen LogP contribution in [0, 0.1) is 62.3 Å². The second kappa shape index (κ2) is 13.2. The highest BCUT2D eigenvalue weighted by atomic mass is 28.3. The lowest BCUT2D eigenvalue weighted by molar-refractivity contribution is 1.34. The number of rotatable bonds is 5. The van der Waals surface area contributed by atoms with Crippen LogP contribution in [0.25, 0.3) is 43.4 Å². The third kappa shape index (κ3) is 5.65. The summed E-state index contributed by atoms with van der Waals surface area (Å²) in [6.07, 6.45) is 0. The predicted molar refractivity (Wildman–Crippen MR) is 253 cm³/mol. The summed E-state index contributed by atoms with van der Waals surface area (Å²) in [5.41, 5.74) is 21.8. The van der Waals surface area contributed by atoms with Crippen molar-refractivity contribution < 1.29 is 0 Å². The van der Waals surface area contributed by atoms with Gasteiger partial charge in [0.25, 0.3) is 0 Å². The SMILES string of the molecule is Cc1cc(C)c([B]c2cc3c4cccc5c4c(cc3c3ccccc23)-c2ccc(B(c3c(C)cc(C)cc3C)c3c(C)cc(C)cc3C)cc2[Si]5(C)C)c(C)c1. The van der Waals surface area contributed by atoms with Gasteiger partial charge in [-0.1, -0.05) is 194 Å². The Balaban J connectivity index is 1.31. The average Bonchev–Trinajstić information content (AvgIpc) is 3.13. The monoisotopic (exact) mass is 737 g/mol. The van der Waals surface area contributed by atoms with E-state index in [4.69, 9.17) is 0 Å². The van der Waals surface area contributed by atoms with Gasteiger partial charge in [-0.25, -0.2) is 0 Å². The van der Waals surface area contributed by atoms with Crippen LogP contribution in [0.3, 0.4) is 0 Å². The van der Waals surface area contributed by atoms with E-state index >= 15 is 0 Å². The molecule has 8 aromatic rings. The maximum atomic E-state index is 2.64. The first kappa shape index (κ1) is 36.5. The van der Waals surface area contributed by atoms with Gasteiger partial charge >= 0.3 is 0 Å². The third-order valence-electron chi connectivity index (χ3n) is 13.1. The molecule has 0 amide bonds. The Morgan fingerprint density at radius 2 is 0.946 bits per heavy atom. The molecule has 0 atom stereocenters. The largest absolute Gasteiger partial charge is 0.242 e. The molecule has 8 aromatic carbocycles. The topological polar surface area (TPSA) is 0 Å². The van der Waals surface area contributed by atoms with Crippen molar-refractivity contribution in [1.29, 1.82) is 0 Å². The number of hydrogen-bond donors (Lipinski definition) is 0. The van der Waals surface area contributed by atoms with Gasteiger partial charge in [0.15, 0.2) is 7.28 Å². The zero-order valence-corrected chi connectivity index (χ0v) is 36.0. The van der Waals surface area contributed by atoms with E-state index < -0.39 is 8.07 Å². The smallest absolute Gasteiger partial charge is 0.0757 e. The molecule has 1 heterocycles. The summed E-state index contributed by atoms with van der Waals surface area (Å²) in [5, 5.41) is 11.2. The van der Waals surface area contributed by atoms with Gasteiger partial charge in [0, 0.05) is 0 Å². The number of benzene rings is 8. The van der Waals surface area contributed by atoms with Gasteiger partial charge in [-0.3, -0.25) is 0 Å². The molecule has 0 fully saturated rings. The van der Waals surface area contributed by atoms with Crippen molar-refractivity contribution in [2.24, 2.45) is 0 Å². The minimum atomic E-state index is -2.16. The molecule has 56 heavy (non-hydrogen) atoms. The maximum absolute atomic E-state index is 2.64. The normalized spacial score (nSPS) is 13.1. The molecule has 0 saturated heterocycles. The standard InChI is InChI=1S/C53H51B2Si/c1-30-21-33(4)51(34(5)22-30)54-47-29-45-43-17-14-18-48-50(43)46(28-44(45)40-15-12-13-16-41(40)47)42-20-19-39(27-49(42)56(48,10)11)55(52-35(6)23-31(2)24-36(52)7)53-37(8)25-32(3)26-38(53)9/h12-29H,1-11H3. The fourth-order valence-corrected chi connectivity index (χ4v) is 14.0. The molecule has 0 N–H and O–H groups in total. The Hall–Kier alpha value is -5.11. The summed E-state index contributed by atoms with van der Waals surface area (Å²) in [4.78, 5) is 0. The van der Waals surface area contributed by atoms with Crippen LogP contribution < -0.4 is 37.7 Å². The van der Waals surface area contributed by atoms with E-state index in [1.807, 2.05) is 0 Å². The summed E-state index contributed by atoms with van der Waals surface area (Å²) in [6.45, 7) is 25.7. The first-order valence-corrected chi connectivity index (χ1v) is 23.4. The molecule has 9 rings (SSSR count). The Morgan fingerprint density at radius 3 is 1.54 bits per heavy atom. The van der Waals surface area contributed by atoms with Crippen molar-refractivity contribution in [3.05, 3.63) is 159 Å². The lowest BCUT2D eigenvalue weighted by Crippen LogP contribution is -2.60. The molecule has 0 spiro atoms. The molecule has 1 radical (unpaired) electrons. The van der Waals surface area contributed by atoms with Crippen LogP contribution in [-0.2, 0) is 0 Å². The van der Waals surface area contributed by atoms with Crippen LogP contribution in [0.2, 0.25) is 13.1 Å². The molecular weight excluding hydrogens is 686 g/mol. The Labute approximate surface area is 336 Å². The van der Waals surface area contributed by atoms with E-state index in [0.29, 0.717) is 0 Å². The van der Waals surface area contributed by atoms with Crippen LogP contribution in [0.4, 0.5) is 0 Å². The van der Waals surface area contributed by atoms with Crippen LogP contribution in [-0.4, -0.2) is 22.1 Å². The fourth-order valence-electron chi connectivity index (χ4n) is 10.9. The molecule has 0 aromatic heterocycles. The third-order valence-corrected chi connectivity index (χ3v) is 16.7. The summed E-state index contributed by atoms with van der Waals surface area (Å²) < 4.78 is 0. The van der Waals surface area contributed by atoms with Crippen molar-refractivity contribution in [2.75, 3.05) is 0 Å². The van der Waals surface area contributed by atoms with Crippen LogP contribution in [0.15, 0.2) is 109 Å². The van der Waals surface area contributed by atoms with E-state index in [-0.39, 0.29) is 6.71 Å². The highest BCUT2D eigenvalue weighted by molar-refractivity contribution is 7.04. The van der Waals surface area contributed by atoms with Crippen molar-refractivity contribution in [3.8, 4) is 11.1 Å². The molecular formula is C53H51B2Si. The van der Waals surface area contributed by atoms with E-state index in [9.17, 15) is 0 Å². The second-order valence-corrected chi connectivity index (χ2v) is 22.0. The number of aryl methyl sites for hydroxylation is 9. The first-order valence-electron chi connectivity index (χ1n) is 20.4. The average molecular weight is 738 g/mol. The lowest BCUT2D eigenvalue weighted by atomic mass is 9.34. The highest BCUT2D eigenvalue weighted by Crippen LogP contribution is 2.40. The molecule has 273 valence electrons. The van der Waals surface area contributed by atoms with Crippen molar-refractivity contribution in [3.63, 3.8) is 0 Å². The molecule has 0 nitrogen and oxygen atoms in total. The van der Waals surface area contributed by atoms with Crippen LogP contribution in [0.1, 0.15) is 50.1 Å². The van der Waals surface area contributed by atoms with Gasteiger partial charge in [-0.05, 0) is 122 Å². The van der Waals surface area contributed by atoms with E-state index in [1.54, 1.807) is 10.4 Å². The molecule has 0 saturated carbocycles. The summed E-state index contributed by atoms with van der Waals surface area (Å²) >= 11 is 0. The molecule has 1 aliphatic rings. The van der Waals surface area contributed by atoms with Gasteiger partial charge in [-0.15, -0.1) is 0 Å². The van der Waals surface area contributed by atoms with E-state index in [2.05, 4.69) is 192 Å². The van der Waals surface area contributed by atoms with Crippen molar-refractivity contribution >= 4 is 92.1 Å². The van der Waals surface area contributed by atoms with Crippen LogP contribution in [0.5, 0.6) is 0 Å². The fraction of sp³-hybridized carbons (Fsp3) is 0.208. The Bertz CT molecular complexity index is 2840. The van der Waals surface area contributed by atoms with Gasteiger partial charge in [-0.2, -0.15) is 0 Å². The number of fused-ring (bicyclic) bond motifs is 6. The summed E-state index contributed by atoms with van der Waals surface area (Å²) in [7, 11) is 0.276. The molecule has 3 heteroatoms. The molecule has 0 aliphatic carbocycles. The molecule has 0 bridgehead atoms. The lowest BCUT2D eigenvalue weighted by Gasteiger charge is -2.35. The number of hydrogen-bond acceptors (Lipinski definition) is 0. The van der Waals surface area contributed by atoms with E-state index in [0.717, 1.165) is 0 Å². The minimum Gasteiger partial charge on any atom is -0.0757 e. The minimum absolute atomic E-state index is 0.152. The van der Waals surface area contributed by atoms with Crippen LogP contribution >= 0.6 is 0 Å². The van der Waals surface area contributed by atoms with Gasteiger partial charge < -0.3 is 0 Å². The summed E-state index contributed by atoms with van der Waals surface area (Å²) in [6, 6.07) is 43.0. The van der Waals surface area contributed by atoms with Crippen molar-refractivity contribution in [1.82, 2.24) is 0 Å². The zero-order chi connectivity index (χ0) is 39.4. The quantitative estimate of drug-likeness (QED) is 0.122. The highest BCUT2D eigenvalue weighted by Gasteiger charge is 2.38. The van der Waals surface area contributed by atoms with Crippen molar-refractivity contribution in [2.45, 2.75) is 75.4 Å². The Kier molecular flexibility index (Phi) is 8.64. The predicted octanol–water partition coefficient (Wildman–Crippen LogP) is 8.90. The van der Waals surface area contributed by atoms with Gasteiger partial charge in [0.2, 0.25) is 6.71 Å². The van der Waals surface area contributed by atoms with Gasteiger partial charge in [0.1, 0.15) is 8.07 Å². The summed E-state index contributed by atoms with van der Waals surface area (Å²) in [5.74, 6) is 0. The molecule has 1 aliphatic heterocycles. The van der Waals surface area contributed by atoms with E-state index in [1.165, 1.54) is 121 Å². The second-order valence-electron chi connectivity index (χ2n) is 17.7. The van der Waals surface area contributed by atoms with Gasteiger partial charge in [0.05, 0.1) is 0 Å². The first-order chi connectivity index (χ1) is 26.7. The maximum Gasteiger partial charge on any atom is 0.242 e.